The zero-order chi connectivity index (χ0) is 13.4. The molecule has 0 saturated carbocycles. The zero-order valence-electron chi connectivity index (χ0n) is 12.5. The Kier molecular flexibility index (Phi) is 5.29. The molecule has 0 radical (unpaired) electrons. The van der Waals surface area contributed by atoms with Gasteiger partial charge in [-0.1, -0.05) is 77.0 Å². The summed E-state index contributed by atoms with van der Waals surface area (Å²) in [6.45, 7) is 19.1. The average molecular weight is 293 g/mol. The van der Waals surface area contributed by atoms with Gasteiger partial charge in [0.2, 0.25) is 0 Å². The van der Waals surface area contributed by atoms with Crippen molar-refractivity contribution in [1.82, 2.24) is 0 Å². The van der Waals surface area contributed by atoms with Crippen molar-refractivity contribution < 1.29 is 0 Å². The molecule has 0 atom stereocenters. The molecule has 0 aromatic rings. The monoisotopic (exact) mass is 292 g/mol. The Labute approximate surface area is 120 Å². The fraction of sp³-hybridized carbons (Fsp3) is 1.00. The first-order valence-corrected chi connectivity index (χ1v) is 9.72. The lowest BCUT2D eigenvalue weighted by Crippen LogP contribution is -2.38. The van der Waals surface area contributed by atoms with Crippen LogP contribution in [0, 0.1) is 23.7 Å². The van der Waals surface area contributed by atoms with Gasteiger partial charge in [0.25, 0.3) is 0 Å². The highest BCUT2D eigenvalue weighted by Gasteiger charge is 2.56. The van der Waals surface area contributed by atoms with Gasteiger partial charge in [0.15, 0.2) is 0 Å². The molecule has 1 rings (SSSR count). The van der Waals surface area contributed by atoms with Crippen LogP contribution in [0.2, 0.25) is 0 Å². The van der Waals surface area contributed by atoms with E-state index in [1.807, 2.05) is 0 Å². The van der Waals surface area contributed by atoms with Crippen LogP contribution in [0.4, 0.5) is 0 Å². The average Bonchev–Trinajstić information content (AvgIpc) is 2.59. The maximum absolute atomic E-state index is 2.39. The summed E-state index contributed by atoms with van der Waals surface area (Å²) in [7, 11) is 4.30. The summed E-state index contributed by atoms with van der Waals surface area (Å²) in [5, 5.41) is 0. The summed E-state index contributed by atoms with van der Waals surface area (Å²) < 4.78 is 0.776. The predicted molar refractivity (Wildman–Crippen MR) is 87.6 cm³/mol. The molecule has 0 unspecified atom stereocenters. The fourth-order valence-electron chi connectivity index (χ4n) is 2.60. The summed E-state index contributed by atoms with van der Waals surface area (Å²) in [4.78, 5) is 0. The minimum absolute atomic E-state index is 0.388. The first-order valence-electron chi connectivity index (χ1n) is 6.76. The van der Waals surface area contributed by atoms with Gasteiger partial charge in [-0.05, 0) is 23.7 Å². The SMILES string of the molecule is CC(C)C1(C(C)C)SSC(C(C)C)(C(C)C)S1. The molecule has 0 spiro atoms. The van der Waals surface area contributed by atoms with Gasteiger partial charge in [0.05, 0.1) is 8.16 Å². The summed E-state index contributed by atoms with van der Waals surface area (Å²) in [5.74, 6) is 2.91. The van der Waals surface area contributed by atoms with Crippen molar-refractivity contribution in [1.29, 1.82) is 0 Å². The molecule has 0 amide bonds. The van der Waals surface area contributed by atoms with Crippen LogP contribution in [-0.4, -0.2) is 8.16 Å². The van der Waals surface area contributed by atoms with Crippen molar-refractivity contribution in [3.63, 3.8) is 0 Å². The van der Waals surface area contributed by atoms with E-state index in [4.69, 9.17) is 0 Å². The Morgan fingerprint density at radius 1 is 0.529 bits per heavy atom. The maximum Gasteiger partial charge on any atom is 0.0774 e. The van der Waals surface area contributed by atoms with E-state index in [0.29, 0.717) is 8.16 Å². The lowest BCUT2D eigenvalue weighted by atomic mass is 9.98. The summed E-state index contributed by atoms with van der Waals surface area (Å²) in [6.07, 6.45) is 0. The molecule has 0 N–H and O–H groups in total. The number of rotatable bonds is 4. The van der Waals surface area contributed by atoms with E-state index in [1.54, 1.807) is 0 Å². The normalized spacial score (nSPS) is 23.3. The minimum Gasteiger partial charge on any atom is -0.123 e. The second-order valence-electron chi connectivity index (χ2n) is 6.33. The number of hydrogen-bond acceptors (Lipinski definition) is 3. The first-order chi connectivity index (χ1) is 7.69. The molecular weight excluding hydrogens is 264 g/mol. The van der Waals surface area contributed by atoms with E-state index in [2.05, 4.69) is 88.7 Å². The third-order valence-electron chi connectivity index (χ3n) is 3.84. The van der Waals surface area contributed by atoms with Crippen LogP contribution in [0.3, 0.4) is 0 Å². The molecule has 102 valence electrons. The van der Waals surface area contributed by atoms with E-state index < -0.39 is 0 Å². The van der Waals surface area contributed by atoms with Crippen LogP contribution in [0.25, 0.3) is 0 Å². The Hall–Kier alpha value is 1.05. The van der Waals surface area contributed by atoms with Crippen LogP contribution >= 0.6 is 33.3 Å². The molecule has 1 aliphatic rings. The summed E-state index contributed by atoms with van der Waals surface area (Å²) in [6, 6.07) is 0. The molecule has 1 saturated heterocycles. The van der Waals surface area contributed by atoms with Gasteiger partial charge in [0.1, 0.15) is 0 Å². The molecule has 0 nitrogen and oxygen atoms in total. The molecule has 0 bridgehead atoms. The Morgan fingerprint density at radius 2 is 0.765 bits per heavy atom. The molecule has 0 aromatic heterocycles. The Balaban J connectivity index is 3.06. The van der Waals surface area contributed by atoms with Gasteiger partial charge in [-0.2, -0.15) is 0 Å². The van der Waals surface area contributed by atoms with Crippen LogP contribution in [0.5, 0.6) is 0 Å². The second kappa shape index (κ2) is 5.58. The van der Waals surface area contributed by atoms with Crippen LogP contribution < -0.4 is 0 Å². The lowest BCUT2D eigenvalue weighted by molar-refractivity contribution is 0.424. The fourth-order valence-corrected chi connectivity index (χ4v) is 10.6. The summed E-state index contributed by atoms with van der Waals surface area (Å²) in [5.41, 5.74) is 0. The highest BCUT2D eigenvalue weighted by Crippen LogP contribution is 2.73. The summed E-state index contributed by atoms with van der Waals surface area (Å²) >= 11 is 2.26. The quantitative estimate of drug-likeness (QED) is 0.572. The highest BCUT2D eigenvalue weighted by atomic mass is 33.1. The van der Waals surface area contributed by atoms with Crippen LogP contribution in [-0.2, 0) is 0 Å². The van der Waals surface area contributed by atoms with Crippen molar-refractivity contribution in [3.05, 3.63) is 0 Å². The molecule has 17 heavy (non-hydrogen) atoms. The maximum atomic E-state index is 2.39. The van der Waals surface area contributed by atoms with E-state index in [1.165, 1.54) is 0 Å². The van der Waals surface area contributed by atoms with Gasteiger partial charge < -0.3 is 0 Å². The largest absolute Gasteiger partial charge is 0.123 e. The predicted octanol–water partition coefficient (Wildman–Crippen LogP) is 6.13. The van der Waals surface area contributed by atoms with E-state index >= 15 is 0 Å². The van der Waals surface area contributed by atoms with Gasteiger partial charge >= 0.3 is 0 Å². The van der Waals surface area contributed by atoms with E-state index in [9.17, 15) is 0 Å². The molecular formula is C14H28S3. The van der Waals surface area contributed by atoms with E-state index in [-0.39, 0.29) is 0 Å². The van der Waals surface area contributed by atoms with Gasteiger partial charge in [-0.3, -0.25) is 0 Å². The molecule has 3 heteroatoms. The van der Waals surface area contributed by atoms with Crippen molar-refractivity contribution in [3.8, 4) is 0 Å². The molecule has 1 aliphatic heterocycles. The number of hydrogen-bond donors (Lipinski definition) is 0. The van der Waals surface area contributed by atoms with Crippen LogP contribution in [0.15, 0.2) is 0 Å². The number of thioether (sulfide) groups is 1. The smallest absolute Gasteiger partial charge is 0.0774 e. The minimum atomic E-state index is 0.388. The lowest BCUT2D eigenvalue weighted by Gasteiger charge is -2.40. The molecule has 1 fully saturated rings. The third kappa shape index (κ3) is 2.67. The molecule has 1 heterocycles. The van der Waals surface area contributed by atoms with Gasteiger partial charge in [-0.15, -0.1) is 11.8 Å². The van der Waals surface area contributed by atoms with Gasteiger partial charge in [0, 0.05) is 0 Å². The molecule has 0 aromatic carbocycles. The van der Waals surface area contributed by atoms with Crippen molar-refractivity contribution in [2.24, 2.45) is 23.7 Å². The van der Waals surface area contributed by atoms with Gasteiger partial charge in [-0.25, -0.2) is 0 Å². The van der Waals surface area contributed by atoms with Crippen molar-refractivity contribution >= 4 is 33.3 Å². The zero-order valence-corrected chi connectivity index (χ0v) is 15.0. The first kappa shape index (κ1) is 16.1. The van der Waals surface area contributed by atoms with E-state index in [0.717, 1.165) is 23.7 Å². The highest BCUT2D eigenvalue weighted by molar-refractivity contribution is 8.83. The topological polar surface area (TPSA) is 0 Å². The van der Waals surface area contributed by atoms with Crippen molar-refractivity contribution in [2.45, 2.75) is 63.5 Å². The second-order valence-corrected chi connectivity index (χ2v) is 11.1. The Morgan fingerprint density at radius 3 is 0.882 bits per heavy atom. The third-order valence-corrected chi connectivity index (χ3v) is 12.4. The van der Waals surface area contributed by atoms with Crippen LogP contribution in [0.1, 0.15) is 55.4 Å². The molecule has 0 aliphatic carbocycles. The Bertz CT molecular complexity index is 214. The van der Waals surface area contributed by atoms with Crippen molar-refractivity contribution in [2.75, 3.05) is 0 Å². The standard InChI is InChI=1S/C14H28S3/c1-9(2)13(10(3)4)15-14(11(5)6,12(7)8)17-16-13/h9-12H,1-8H3.